The Morgan fingerprint density at radius 3 is 2.14 bits per heavy atom. The second-order valence-corrected chi connectivity index (χ2v) is 8.65. The zero-order valence-electron chi connectivity index (χ0n) is 16.4. The first kappa shape index (κ1) is 20.0. The molecule has 0 atom stereocenters. The highest BCUT2D eigenvalue weighted by molar-refractivity contribution is 6.45. The van der Waals surface area contributed by atoms with Crippen LogP contribution in [0, 0.1) is 12.8 Å². The molecule has 0 saturated carbocycles. The van der Waals surface area contributed by atoms with E-state index in [1.807, 2.05) is 6.92 Å². The SMILES string of the molecule is Cc1cc(Cl)ccc1N1C(=O)C(c2ccc(Cl)cc2)=C(N2CCC(C)CC2)C1=O. The van der Waals surface area contributed by atoms with E-state index in [4.69, 9.17) is 23.2 Å². The highest BCUT2D eigenvalue weighted by Gasteiger charge is 2.43. The predicted molar refractivity (Wildman–Crippen MR) is 117 cm³/mol. The van der Waals surface area contributed by atoms with Crippen LogP contribution in [-0.2, 0) is 9.59 Å². The summed E-state index contributed by atoms with van der Waals surface area (Å²) in [4.78, 5) is 30.4. The molecule has 0 unspecified atom stereocenters. The third-order valence-corrected chi connectivity index (χ3v) is 6.18. The molecular weight excluding hydrogens is 407 g/mol. The molecule has 2 aliphatic rings. The Kier molecular flexibility index (Phi) is 5.41. The molecular formula is C23H22Cl2N2O2. The van der Waals surface area contributed by atoms with E-state index in [1.54, 1.807) is 42.5 Å². The summed E-state index contributed by atoms with van der Waals surface area (Å²) in [6, 6.07) is 12.3. The summed E-state index contributed by atoms with van der Waals surface area (Å²) >= 11 is 12.1. The fourth-order valence-corrected chi connectivity index (χ4v) is 4.36. The predicted octanol–water partition coefficient (Wildman–Crippen LogP) is 5.32. The summed E-state index contributed by atoms with van der Waals surface area (Å²) in [7, 11) is 0. The summed E-state index contributed by atoms with van der Waals surface area (Å²) in [5.74, 6) is 0.0314. The number of hydrogen-bond acceptors (Lipinski definition) is 3. The minimum absolute atomic E-state index is 0.278. The maximum absolute atomic E-state index is 13.5. The van der Waals surface area contributed by atoms with E-state index in [0.29, 0.717) is 38.5 Å². The fourth-order valence-electron chi connectivity index (χ4n) is 4.01. The molecule has 6 heteroatoms. The van der Waals surface area contributed by atoms with Crippen LogP contribution in [-0.4, -0.2) is 29.8 Å². The van der Waals surface area contributed by atoms with Crippen LogP contribution in [0.1, 0.15) is 30.9 Å². The topological polar surface area (TPSA) is 40.6 Å². The van der Waals surface area contributed by atoms with Gasteiger partial charge in [0, 0.05) is 23.1 Å². The third kappa shape index (κ3) is 3.67. The lowest BCUT2D eigenvalue weighted by molar-refractivity contribution is -0.120. The van der Waals surface area contributed by atoms with Gasteiger partial charge in [-0.15, -0.1) is 0 Å². The van der Waals surface area contributed by atoms with Crippen molar-refractivity contribution < 1.29 is 9.59 Å². The molecule has 150 valence electrons. The highest BCUT2D eigenvalue weighted by atomic mass is 35.5. The van der Waals surface area contributed by atoms with Crippen molar-refractivity contribution in [1.29, 1.82) is 0 Å². The maximum atomic E-state index is 13.5. The van der Waals surface area contributed by atoms with Gasteiger partial charge < -0.3 is 4.90 Å². The molecule has 2 heterocycles. The molecule has 0 aliphatic carbocycles. The number of aryl methyl sites for hydroxylation is 1. The molecule has 0 radical (unpaired) electrons. The van der Waals surface area contributed by atoms with E-state index in [-0.39, 0.29) is 11.8 Å². The molecule has 0 N–H and O–H groups in total. The molecule has 4 nitrogen and oxygen atoms in total. The zero-order chi connectivity index (χ0) is 20.7. The van der Waals surface area contributed by atoms with Gasteiger partial charge in [0.2, 0.25) is 0 Å². The third-order valence-electron chi connectivity index (χ3n) is 5.69. The molecule has 0 aromatic heterocycles. The van der Waals surface area contributed by atoms with Crippen LogP contribution >= 0.6 is 23.2 Å². The number of carbonyl (C=O) groups excluding carboxylic acids is 2. The van der Waals surface area contributed by atoms with Gasteiger partial charge in [-0.25, -0.2) is 4.90 Å². The van der Waals surface area contributed by atoms with Crippen molar-refractivity contribution in [2.24, 2.45) is 5.92 Å². The van der Waals surface area contributed by atoms with Gasteiger partial charge in [-0.05, 0) is 67.1 Å². The van der Waals surface area contributed by atoms with Crippen LogP contribution in [0.15, 0.2) is 48.2 Å². The number of rotatable bonds is 3. The van der Waals surface area contributed by atoms with Gasteiger partial charge in [0.25, 0.3) is 11.8 Å². The van der Waals surface area contributed by atoms with Crippen molar-refractivity contribution in [2.75, 3.05) is 18.0 Å². The van der Waals surface area contributed by atoms with Crippen LogP contribution in [0.2, 0.25) is 10.0 Å². The van der Waals surface area contributed by atoms with Gasteiger partial charge in [0.15, 0.2) is 0 Å². The summed E-state index contributed by atoms with van der Waals surface area (Å²) in [6.45, 7) is 5.60. The molecule has 0 bridgehead atoms. The number of likely N-dealkylation sites (tertiary alicyclic amines) is 1. The average Bonchev–Trinajstić information content (AvgIpc) is 2.94. The Morgan fingerprint density at radius 1 is 0.897 bits per heavy atom. The number of piperidine rings is 1. The quantitative estimate of drug-likeness (QED) is 0.621. The molecule has 1 fully saturated rings. The van der Waals surface area contributed by atoms with Crippen LogP contribution in [0.5, 0.6) is 0 Å². The van der Waals surface area contributed by atoms with Gasteiger partial charge in [-0.3, -0.25) is 9.59 Å². The van der Waals surface area contributed by atoms with Crippen molar-refractivity contribution >= 4 is 46.3 Å². The summed E-state index contributed by atoms with van der Waals surface area (Å²) in [5, 5.41) is 1.16. The number of imide groups is 1. The molecule has 2 aromatic rings. The standard InChI is InChI=1S/C23H22Cl2N2O2/c1-14-9-11-26(12-10-14)21-20(16-3-5-17(24)6-4-16)22(28)27(23(21)29)19-8-7-18(25)13-15(19)2/h3-8,13-14H,9-12H2,1-2H3. The Labute approximate surface area is 180 Å². The van der Waals surface area contributed by atoms with Crippen molar-refractivity contribution in [3.8, 4) is 0 Å². The number of halogens is 2. The average molecular weight is 429 g/mol. The molecule has 2 aliphatic heterocycles. The fraction of sp³-hybridized carbons (Fsp3) is 0.304. The first-order valence-corrected chi connectivity index (χ1v) is 10.5. The van der Waals surface area contributed by atoms with Gasteiger partial charge in [-0.1, -0.05) is 42.3 Å². The van der Waals surface area contributed by atoms with Gasteiger partial charge in [0.1, 0.15) is 5.70 Å². The van der Waals surface area contributed by atoms with Gasteiger partial charge in [-0.2, -0.15) is 0 Å². The lowest BCUT2D eigenvalue weighted by Crippen LogP contribution is -2.38. The summed E-state index contributed by atoms with van der Waals surface area (Å²) < 4.78 is 0. The van der Waals surface area contributed by atoms with Crippen LogP contribution in [0.4, 0.5) is 5.69 Å². The number of anilines is 1. The van der Waals surface area contributed by atoms with E-state index in [2.05, 4.69) is 11.8 Å². The van der Waals surface area contributed by atoms with Crippen molar-refractivity contribution in [3.05, 3.63) is 69.3 Å². The Bertz CT molecular complexity index is 1010. The van der Waals surface area contributed by atoms with Crippen LogP contribution in [0.25, 0.3) is 5.57 Å². The first-order chi connectivity index (χ1) is 13.9. The van der Waals surface area contributed by atoms with Crippen molar-refractivity contribution in [2.45, 2.75) is 26.7 Å². The second kappa shape index (κ2) is 7.85. The molecule has 4 rings (SSSR count). The number of benzene rings is 2. The maximum Gasteiger partial charge on any atom is 0.282 e. The zero-order valence-corrected chi connectivity index (χ0v) is 17.9. The summed E-state index contributed by atoms with van der Waals surface area (Å²) in [6.07, 6.45) is 2.00. The number of nitrogens with zero attached hydrogens (tertiary/aromatic N) is 2. The number of hydrogen-bond donors (Lipinski definition) is 0. The Balaban J connectivity index is 1.82. The van der Waals surface area contributed by atoms with E-state index in [1.165, 1.54) is 4.90 Å². The van der Waals surface area contributed by atoms with E-state index >= 15 is 0 Å². The van der Waals surface area contributed by atoms with Crippen LogP contribution in [0.3, 0.4) is 0 Å². The van der Waals surface area contributed by atoms with Crippen molar-refractivity contribution in [1.82, 2.24) is 4.90 Å². The lowest BCUT2D eigenvalue weighted by Gasteiger charge is -2.32. The summed E-state index contributed by atoms with van der Waals surface area (Å²) in [5.41, 5.74) is 2.98. The largest absolute Gasteiger partial charge is 0.366 e. The molecule has 2 aromatic carbocycles. The van der Waals surface area contributed by atoms with Crippen molar-refractivity contribution in [3.63, 3.8) is 0 Å². The molecule has 1 saturated heterocycles. The smallest absolute Gasteiger partial charge is 0.282 e. The number of amides is 2. The highest BCUT2D eigenvalue weighted by Crippen LogP contribution is 2.38. The molecule has 29 heavy (non-hydrogen) atoms. The Hall–Kier alpha value is -2.30. The first-order valence-electron chi connectivity index (χ1n) is 9.77. The monoisotopic (exact) mass is 428 g/mol. The van der Waals surface area contributed by atoms with E-state index < -0.39 is 0 Å². The lowest BCUT2D eigenvalue weighted by atomic mass is 9.97. The second-order valence-electron chi connectivity index (χ2n) is 7.78. The van der Waals surface area contributed by atoms with E-state index in [0.717, 1.165) is 31.5 Å². The molecule has 2 amide bonds. The minimum atomic E-state index is -0.309. The van der Waals surface area contributed by atoms with E-state index in [9.17, 15) is 9.59 Å². The van der Waals surface area contributed by atoms with Crippen LogP contribution < -0.4 is 4.90 Å². The van der Waals surface area contributed by atoms with Gasteiger partial charge >= 0.3 is 0 Å². The number of carbonyl (C=O) groups is 2. The normalized spacial score (nSPS) is 18.2. The minimum Gasteiger partial charge on any atom is -0.366 e. The van der Waals surface area contributed by atoms with Gasteiger partial charge in [0.05, 0.1) is 11.3 Å². The Morgan fingerprint density at radius 2 is 1.52 bits per heavy atom. The molecule has 0 spiro atoms.